The lowest BCUT2D eigenvalue weighted by molar-refractivity contribution is 0.777. The number of fused-ring (bicyclic) bond motifs is 1. The Hall–Kier alpha value is -3.24. The summed E-state index contributed by atoms with van der Waals surface area (Å²) in [6.07, 6.45) is 2.79. The second-order valence-corrected chi connectivity index (χ2v) is 7.56. The third kappa shape index (κ3) is 4.44. The molecule has 0 radical (unpaired) electrons. The van der Waals surface area contributed by atoms with E-state index in [4.69, 9.17) is 10.7 Å². The molecule has 1 aromatic heterocycles. The third-order valence-electron chi connectivity index (χ3n) is 5.18. The highest BCUT2D eigenvalue weighted by Crippen LogP contribution is 2.26. The molecule has 0 bridgehead atoms. The molecule has 4 heteroatoms. The van der Waals surface area contributed by atoms with Crippen LogP contribution in [-0.2, 0) is 13.0 Å². The summed E-state index contributed by atoms with van der Waals surface area (Å²) in [4.78, 5) is 9.24. The number of aromatic nitrogens is 2. The third-order valence-corrected chi connectivity index (χ3v) is 5.18. The van der Waals surface area contributed by atoms with E-state index in [1.54, 1.807) is 0 Å². The van der Waals surface area contributed by atoms with Crippen LogP contribution in [0.25, 0.3) is 22.0 Å². The second kappa shape index (κ2) is 8.41. The molecule has 4 rings (SSSR count). The molecule has 0 saturated heterocycles. The molecule has 0 saturated carbocycles. The van der Waals surface area contributed by atoms with Crippen molar-refractivity contribution in [1.82, 2.24) is 9.97 Å². The van der Waals surface area contributed by atoms with Gasteiger partial charge in [-0.15, -0.1) is 0 Å². The van der Waals surface area contributed by atoms with Gasteiger partial charge in [0.05, 0.1) is 5.52 Å². The van der Waals surface area contributed by atoms with Gasteiger partial charge in [0.2, 0.25) is 5.95 Å². The molecule has 3 aromatic carbocycles. The fourth-order valence-electron chi connectivity index (χ4n) is 3.68. The highest BCUT2D eigenvalue weighted by atomic mass is 15.1. The van der Waals surface area contributed by atoms with Crippen LogP contribution in [0, 0.1) is 6.92 Å². The number of hydrogen-bond donors (Lipinski definition) is 2. The van der Waals surface area contributed by atoms with Crippen LogP contribution < -0.4 is 11.1 Å². The molecular formula is C25H26N4. The van der Waals surface area contributed by atoms with Gasteiger partial charge in [0.25, 0.3) is 0 Å². The van der Waals surface area contributed by atoms with Crippen LogP contribution in [0.3, 0.4) is 0 Å². The zero-order valence-corrected chi connectivity index (χ0v) is 16.9. The number of nitrogens with two attached hydrogens (primary N) is 1. The largest absolute Gasteiger partial charge is 0.351 e. The van der Waals surface area contributed by atoms with Gasteiger partial charge in [-0.05, 0) is 60.2 Å². The fraction of sp³-hybridized carbons (Fsp3) is 0.200. The van der Waals surface area contributed by atoms with Crippen LogP contribution in [0.1, 0.15) is 23.6 Å². The molecule has 0 unspecified atom stereocenters. The summed E-state index contributed by atoms with van der Waals surface area (Å²) in [6, 6.07) is 23.4. The second-order valence-electron chi connectivity index (χ2n) is 7.56. The van der Waals surface area contributed by atoms with Crippen LogP contribution in [-0.4, -0.2) is 16.0 Å². The zero-order valence-electron chi connectivity index (χ0n) is 16.9. The van der Waals surface area contributed by atoms with Crippen molar-refractivity contribution >= 4 is 16.9 Å². The Labute approximate surface area is 171 Å². The molecule has 0 fully saturated rings. The van der Waals surface area contributed by atoms with E-state index in [1.807, 2.05) is 6.20 Å². The van der Waals surface area contributed by atoms with Gasteiger partial charge in [-0.3, -0.25) is 0 Å². The molecule has 29 heavy (non-hydrogen) atoms. The number of nitrogens with one attached hydrogen (secondary N) is 1. The van der Waals surface area contributed by atoms with Crippen molar-refractivity contribution in [2.24, 2.45) is 5.73 Å². The average Bonchev–Trinajstić information content (AvgIpc) is 2.74. The van der Waals surface area contributed by atoms with Crippen molar-refractivity contribution in [2.75, 3.05) is 5.32 Å². The van der Waals surface area contributed by atoms with Crippen molar-refractivity contribution in [3.8, 4) is 11.1 Å². The molecule has 0 spiro atoms. The number of hydrogen-bond acceptors (Lipinski definition) is 4. The number of benzene rings is 3. The molecule has 0 aliphatic heterocycles. The number of rotatable bonds is 6. The van der Waals surface area contributed by atoms with E-state index in [2.05, 4.69) is 90.9 Å². The minimum atomic E-state index is 0.215. The van der Waals surface area contributed by atoms with E-state index in [9.17, 15) is 0 Å². The Morgan fingerprint density at radius 2 is 1.79 bits per heavy atom. The van der Waals surface area contributed by atoms with Crippen molar-refractivity contribution in [1.29, 1.82) is 0 Å². The average molecular weight is 383 g/mol. The summed E-state index contributed by atoms with van der Waals surface area (Å²) < 4.78 is 0. The van der Waals surface area contributed by atoms with Gasteiger partial charge in [-0.25, -0.2) is 9.97 Å². The summed E-state index contributed by atoms with van der Waals surface area (Å²) in [5, 5.41) is 4.46. The van der Waals surface area contributed by atoms with E-state index in [0.717, 1.165) is 22.9 Å². The molecular weight excluding hydrogens is 356 g/mol. The highest BCUT2D eigenvalue weighted by molar-refractivity contribution is 5.85. The van der Waals surface area contributed by atoms with Crippen LogP contribution in [0.4, 0.5) is 5.95 Å². The Bertz CT molecular complexity index is 1140. The summed E-state index contributed by atoms with van der Waals surface area (Å²) in [7, 11) is 0. The Morgan fingerprint density at radius 3 is 2.62 bits per heavy atom. The highest BCUT2D eigenvalue weighted by Gasteiger charge is 2.08. The van der Waals surface area contributed by atoms with Gasteiger partial charge in [-0.1, -0.05) is 54.6 Å². The van der Waals surface area contributed by atoms with Gasteiger partial charge in [0.15, 0.2) is 0 Å². The molecule has 1 atom stereocenters. The minimum absolute atomic E-state index is 0.215. The normalized spacial score (nSPS) is 12.1. The van der Waals surface area contributed by atoms with Crippen molar-refractivity contribution in [2.45, 2.75) is 32.9 Å². The first kappa shape index (κ1) is 19.1. The fourth-order valence-corrected chi connectivity index (χ4v) is 3.68. The van der Waals surface area contributed by atoms with E-state index in [0.29, 0.717) is 12.5 Å². The molecule has 1 heterocycles. The van der Waals surface area contributed by atoms with Crippen LogP contribution >= 0.6 is 0 Å². The van der Waals surface area contributed by atoms with Gasteiger partial charge < -0.3 is 11.1 Å². The van der Waals surface area contributed by atoms with E-state index in [1.165, 1.54) is 22.3 Å². The SMILES string of the molecule is Cc1ccccc1-c1ccc2nc(N[C@@H](C)Cc3cccc(CN)c3)ncc2c1. The first-order valence-corrected chi connectivity index (χ1v) is 9.99. The molecule has 0 aliphatic rings. The molecule has 4 aromatic rings. The monoisotopic (exact) mass is 382 g/mol. The summed E-state index contributed by atoms with van der Waals surface area (Å²) in [5.74, 6) is 0.656. The van der Waals surface area contributed by atoms with Crippen LogP contribution in [0.15, 0.2) is 72.9 Å². The van der Waals surface area contributed by atoms with Crippen molar-refractivity contribution in [3.63, 3.8) is 0 Å². The lowest BCUT2D eigenvalue weighted by Crippen LogP contribution is -2.19. The maximum Gasteiger partial charge on any atom is 0.223 e. The Balaban J connectivity index is 1.51. The zero-order chi connectivity index (χ0) is 20.2. The smallest absolute Gasteiger partial charge is 0.223 e. The first-order valence-electron chi connectivity index (χ1n) is 9.99. The summed E-state index contributed by atoms with van der Waals surface area (Å²) in [6.45, 7) is 4.84. The lowest BCUT2D eigenvalue weighted by Gasteiger charge is -2.15. The van der Waals surface area contributed by atoms with Gasteiger partial charge >= 0.3 is 0 Å². The standard InChI is InChI=1S/C25H26N4/c1-17-6-3-4-9-23(17)21-10-11-24-22(14-21)16-27-25(29-24)28-18(2)12-19-7-5-8-20(13-19)15-26/h3-11,13-14,16,18H,12,15,26H2,1-2H3,(H,27,28,29)/t18-/m0/s1. The van der Waals surface area contributed by atoms with E-state index < -0.39 is 0 Å². The maximum absolute atomic E-state index is 5.75. The van der Waals surface area contributed by atoms with Crippen molar-refractivity contribution in [3.05, 3.63) is 89.6 Å². The summed E-state index contributed by atoms with van der Waals surface area (Å²) in [5.41, 5.74) is 12.8. The van der Waals surface area contributed by atoms with Crippen LogP contribution in [0.5, 0.6) is 0 Å². The van der Waals surface area contributed by atoms with Gasteiger partial charge in [0.1, 0.15) is 0 Å². The topological polar surface area (TPSA) is 63.8 Å². The predicted molar refractivity (Wildman–Crippen MR) is 121 cm³/mol. The van der Waals surface area contributed by atoms with Crippen molar-refractivity contribution < 1.29 is 0 Å². The quantitative estimate of drug-likeness (QED) is 0.486. The molecule has 0 aliphatic carbocycles. The lowest BCUT2D eigenvalue weighted by atomic mass is 9.99. The molecule has 0 amide bonds. The molecule has 146 valence electrons. The molecule has 4 nitrogen and oxygen atoms in total. The van der Waals surface area contributed by atoms with E-state index in [-0.39, 0.29) is 6.04 Å². The first-order chi connectivity index (χ1) is 14.1. The van der Waals surface area contributed by atoms with Gasteiger partial charge in [0, 0.05) is 24.2 Å². The summed E-state index contributed by atoms with van der Waals surface area (Å²) >= 11 is 0. The van der Waals surface area contributed by atoms with E-state index >= 15 is 0 Å². The molecule has 3 N–H and O–H groups in total. The Morgan fingerprint density at radius 1 is 0.966 bits per heavy atom. The van der Waals surface area contributed by atoms with Crippen LogP contribution in [0.2, 0.25) is 0 Å². The number of nitrogens with zero attached hydrogens (tertiary/aromatic N) is 2. The maximum atomic E-state index is 5.75. The number of anilines is 1. The minimum Gasteiger partial charge on any atom is -0.351 e. The number of aryl methyl sites for hydroxylation is 1. The van der Waals surface area contributed by atoms with Gasteiger partial charge in [-0.2, -0.15) is 0 Å². The predicted octanol–water partition coefficient (Wildman–Crippen LogP) is 5.11. The Kier molecular flexibility index (Phi) is 5.54.